The second-order valence-corrected chi connectivity index (χ2v) is 22.8. The number of unbranched alkanes of at least 4 members (excludes halogenated alkanes) is 5. The smallest absolute Gasteiger partial charge is 0.349 e. The average Bonchev–Trinajstić information content (AvgIpc) is 1.61. The van der Waals surface area contributed by atoms with Gasteiger partial charge >= 0.3 is 11.4 Å². The Labute approximate surface area is 551 Å². The van der Waals surface area contributed by atoms with Crippen LogP contribution in [0.5, 0.6) is 0 Å². The van der Waals surface area contributed by atoms with E-state index in [1.807, 2.05) is 6.92 Å². The summed E-state index contributed by atoms with van der Waals surface area (Å²) in [6.07, 6.45) is 8.55. The molecule has 8 amide bonds. The minimum absolute atomic E-state index is 0.0389. The number of nitrogens with two attached hydrogens (primary N) is 10. The Hall–Kier alpha value is -10.9. The van der Waals surface area contributed by atoms with Crippen LogP contribution in [-0.4, -0.2) is 203 Å². The number of guanidine groups is 3. The molecule has 0 fully saturated rings. The quantitative estimate of drug-likeness (QED) is 0.0111. The lowest BCUT2D eigenvalue weighted by Gasteiger charge is -2.32. The highest BCUT2D eigenvalue weighted by atomic mass is 16.2. The molecule has 4 heterocycles. The van der Waals surface area contributed by atoms with Crippen molar-refractivity contribution in [2.75, 3.05) is 76.9 Å². The first-order valence-electron chi connectivity index (χ1n) is 31.2. The Morgan fingerprint density at radius 3 is 1.43 bits per heavy atom. The zero-order chi connectivity index (χ0) is 71.0. The Bertz CT molecular complexity index is 3640. The van der Waals surface area contributed by atoms with Crippen molar-refractivity contribution in [3.63, 3.8) is 0 Å². The predicted molar refractivity (Wildman–Crippen MR) is 357 cm³/mol. The van der Waals surface area contributed by atoms with Crippen LogP contribution in [-0.2, 0) is 58.0 Å². The number of hydrogen-bond donors (Lipinski definition) is 16. The van der Waals surface area contributed by atoms with Crippen LogP contribution in [0.25, 0.3) is 11.0 Å². The number of aromatic nitrogens is 7. The minimum atomic E-state index is -1.11. The summed E-state index contributed by atoms with van der Waals surface area (Å²) < 4.78 is 3.20. The number of nitrogen functional groups attached to an aromatic ring is 2. The van der Waals surface area contributed by atoms with Gasteiger partial charge in [0.15, 0.2) is 17.9 Å². The number of primary amides is 1. The van der Waals surface area contributed by atoms with E-state index in [4.69, 9.17) is 57.3 Å². The zero-order valence-corrected chi connectivity index (χ0v) is 54.2. The molecule has 96 heavy (non-hydrogen) atoms. The maximum Gasteiger partial charge on any atom is 0.349 e. The van der Waals surface area contributed by atoms with Gasteiger partial charge in [-0.05, 0) is 83.3 Å². The van der Waals surface area contributed by atoms with E-state index in [0.717, 1.165) is 42.9 Å². The molecule has 0 aliphatic carbocycles. The molecule has 4 atom stereocenters. The van der Waals surface area contributed by atoms with Gasteiger partial charge in [-0.2, -0.15) is 9.97 Å². The van der Waals surface area contributed by atoms with Gasteiger partial charge in [0, 0.05) is 81.5 Å². The van der Waals surface area contributed by atoms with E-state index in [-0.39, 0.29) is 105 Å². The summed E-state index contributed by atoms with van der Waals surface area (Å²) >= 11 is 0. The van der Waals surface area contributed by atoms with Crippen molar-refractivity contribution in [3.8, 4) is 0 Å². The van der Waals surface area contributed by atoms with Gasteiger partial charge in [-0.3, -0.25) is 82.0 Å². The van der Waals surface area contributed by atoms with Gasteiger partial charge in [0.25, 0.3) is 11.1 Å². The van der Waals surface area contributed by atoms with Crippen LogP contribution < -0.4 is 101 Å². The number of hydrogen-bond acceptors (Lipinski definition) is 20. The van der Waals surface area contributed by atoms with Crippen molar-refractivity contribution in [1.29, 1.82) is 0 Å². The lowest BCUT2D eigenvalue weighted by atomic mass is 10.1. The van der Waals surface area contributed by atoms with E-state index < -0.39 is 153 Å². The Kier molecular flexibility index (Phi) is 32.0. The summed E-state index contributed by atoms with van der Waals surface area (Å²) in [6.45, 7) is -1.82. The van der Waals surface area contributed by atoms with Gasteiger partial charge in [-0.25, -0.2) is 9.59 Å². The van der Waals surface area contributed by atoms with Crippen molar-refractivity contribution < 1.29 is 38.4 Å². The number of rotatable bonds is 43. The molecule has 0 aromatic carbocycles. The number of carbonyl (C=O) groups excluding carboxylic acids is 8. The minimum Gasteiger partial charge on any atom is -0.383 e. The molecule has 0 saturated carbocycles. The fraction of sp³-hybridized carbons (Fsp3) is 0.561. The topological polar surface area (TPSA) is 632 Å². The van der Waals surface area contributed by atoms with Crippen LogP contribution in [0.1, 0.15) is 96.0 Å². The molecule has 528 valence electrons. The number of nitrogens with one attached hydrogen (secondary N) is 6. The molecule has 39 nitrogen and oxygen atoms in total. The van der Waals surface area contributed by atoms with E-state index in [2.05, 4.69) is 56.2 Å². The van der Waals surface area contributed by atoms with E-state index in [0.29, 0.717) is 38.5 Å². The van der Waals surface area contributed by atoms with Crippen LogP contribution in [0.4, 0.5) is 11.8 Å². The zero-order valence-electron chi connectivity index (χ0n) is 54.2. The molecule has 26 N–H and O–H groups in total. The molecule has 39 heteroatoms. The van der Waals surface area contributed by atoms with Gasteiger partial charge in [0.05, 0.1) is 31.6 Å². The van der Waals surface area contributed by atoms with E-state index in [1.165, 1.54) is 36.0 Å². The highest BCUT2D eigenvalue weighted by Crippen LogP contribution is 2.14. The van der Waals surface area contributed by atoms with Crippen molar-refractivity contribution in [2.45, 2.75) is 141 Å². The number of nitrogens with zero attached hydrogens (tertiary/aromatic N) is 11. The number of aromatic amines is 2. The van der Waals surface area contributed by atoms with Crippen molar-refractivity contribution in [1.82, 2.24) is 69.6 Å². The van der Waals surface area contributed by atoms with Gasteiger partial charge in [0.2, 0.25) is 53.2 Å². The summed E-state index contributed by atoms with van der Waals surface area (Å²) in [5.74, 6) is -7.13. The predicted octanol–water partition coefficient (Wildman–Crippen LogP) is -7.22. The molecule has 4 rings (SSSR count). The number of aryl methyl sites for hydroxylation is 1. The maximum absolute atomic E-state index is 14.8. The number of carbonyl (C=O) groups is 8. The summed E-state index contributed by atoms with van der Waals surface area (Å²) in [7, 11) is 0. The number of fused-ring (bicyclic) bond motifs is 1. The standard InChI is InChI=1S/C57H93N27O12/c1-3-4-5-15-39(48(60)92)74-44(88)30-83(45(89)31-79-21-16-38-49(79)76-55(67)77-51(38)94)27-37(14-8-11-20-70-54(65)66)73-43(87)29-82(47(91)33-84-24-34(2)50(93)78-57(84)96)26-36(13-7-10-19-69-53(63)64)72-42(86)28-81(46(90)32-80-22-17-40(59)75-56(80)95)25-35(71-41(85)23-58)12-6-9-18-68-52(61)62/h16-17,21-22,24,35-37,39H,3-15,18-20,23,25-33,58H2,1-2H3,(H2,60,92)(H,71,85)(H,72,86)(H,73,87)(H,74,88)(H2,59,75,95)(H4,61,62,68)(H4,63,64,69)(H4,65,66,70)(H,78,93,96)(H3,67,76,77,94)/t35-,36-,37-,39-/m0/s1. The molecule has 4 aromatic heterocycles. The second-order valence-electron chi connectivity index (χ2n) is 22.8. The maximum atomic E-state index is 14.8. The molecule has 0 aliphatic heterocycles. The molecule has 0 unspecified atom stereocenters. The van der Waals surface area contributed by atoms with Gasteiger partial charge < -0.3 is 97.9 Å². The Morgan fingerprint density at radius 2 is 0.979 bits per heavy atom. The SMILES string of the molecule is CCCCC[C@H](NC(=O)CN(C[C@H](CCCCN=C(N)N)NC(=O)CN(C[C@H](CCCCN=C(N)N)NC(=O)CN(C[C@H](CCCCN=C(N)N)NC(=O)CN)C(=O)Cn1ccc(N)nc1=O)C(=O)Cn1cc(C)c(=O)[nH]c1=O)C(=O)Cn1ccc2c(=O)[nH]c(N)nc21)C(N)=O. The van der Waals surface area contributed by atoms with Gasteiger partial charge in [0.1, 0.15) is 37.1 Å². The van der Waals surface area contributed by atoms with Crippen molar-refractivity contribution >= 4 is 87.9 Å². The first-order valence-corrected chi connectivity index (χ1v) is 31.2. The molecular formula is C57H93N27O12. The average molecular weight is 1350 g/mol. The van der Waals surface area contributed by atoms with Gasteiger partial charge in [-0.15, -0.1) is 0 Å². The van der Waals surface area contributed by atoms with Crippen LogP contribution in [0.15, 0.2) is 64.9 Å². The Morgan fingerprint density at radius 1 is 0.542 bits per heavy atom. The first kappa shape index (κ1) is 77.6. The summed E-state index contributed by atoms with van der Waals surface area (Å²) in [4.78, 5) is 192. The van der Waals surface area contributed by atoms with E-state index >= 15 is 0 Å². The molecule has 0 aliphatic rings. The van der Waals surface area contributed by atoms with Crippen LogP contribution in [0.3, 0.4) is 0 Å². The molecule has 0 radical (unpaired) electrons. The fourth-order valence-electron chi connectivity index (χ4n) is 10.1. The third kappa shape index (κ3) is 27.7. The molecule has 4 aromatic rings. The number of aliphatic imine (C=N–C) groups is 3. The third-order valence-electron chi connectivity index (χ3n) is 14.9. The lowest BCUT2D eigenvalue weighted by Crippen LogP contribution is -2.55. The van der Waals surface area contributed by atoms with E-state index in [1.54, 1.807) is 0 Å². The van der Waals surface area contributed by atoms with E-state index in [9.17, 15) is 57.5 Å². The van der Waals surface area contributed by atoms with Crippen LogP contribution >= 0.6 is 0 Å². The number of anilines is 2. The molecule has 0 spiro atoms. The number of H-pyrrole nitrogens is 2. The third-order valence-corrected chi connectivity index (χ3v) is 14.9. The van der Waals surface area contributed by atoms with Crippen LogP contribution in [0.2, 0.25) is 0 Å². The number of amides is 8. The van der Waals surface area contributed by atoms with Crippen molar-refractivity contribution in [2.24, 2.45) is 60.8 Å². The molecule has 0 saturated heterocycles. The normalized spacial score (nSPS) is 12.2. The summed E-state index contributed by atoms with van der Waals surface area (Å²) in [5, 5.41) is 11.2. The molecular weight excluding hydrogens is 1250 g/mol. The lowest BCUT2D eigenvalue weighted by molar-refractivity contribution is -0.139. The first-order chi connectivity index (χ1) is 45.5. The van der Waals surface area contributed by atoms with Crippen molar-refractivity contribution in [3.05, 3.63) is 78.0 Å². The highest BCUT2D eigenvalue weighted by molar-refractivity contribution is 5.90. The molecule has 0 bridgehead atoms. The fourth-order valence-corrected chi connectivity index (χ4v) is 10.1. The second kappa shape index (κ2) is 39.6. The monoisotopic (exact) mass is 1350 g/mol. The summed E-state index contributed by atoms with van der Waals surface area (Å²) in [6, 6.07) is -1.35. The van der Waals surface area contributed by atoms with Gasteiger partial charge in [-0.1, -0.05) is 26.2 Å². The van der Waals surface area contributed by atoms with Crippen LogP contribution in [0, 0.1) is 6.92 Å². The Balaban J connectivity index is 1.80. The summed E-state index contributed by atoms with van der Waals surface area (Å²) in [5.41, 5.74) is 53.3. The highest BCUT2D eigenvalue weighted by Gasteiger charge is 2.30. The largest absolute Gasteiger partial charge is 0.383 e.